The van der Waals surface area contributed by atoms with Gasteiger partial charge in [-0.2, -0.15) is 0 Å². The molecule has 2 aliphatic rings. The summed E-state index contributed by atoms with van der Waals surface area (Å²) in [5.74, 6) is 0. The Hall–Kier alpha value is -0.240. The first kappa shape index (κ1) is 13.2. The standard InChI is InChI=1S/C11H26N6/c1(2-10-12-6-7-13-10)4-16-17-5-3-11-14-8-9-15-11/h10-17H,1-9H2. The molecule has 100 valence electrons. The topological polar surface area (TPSA) is 72.2 Å². The molecule has 0 aromatic heterocycles. The van der Waals surface area contributed by atoms with Gasteiger partial charge in [0.05, 0.1) is 12.3 Å². The molecule has 2 rings (SSSR count). The monoisotopic (exact) mass is 242 g/mol. The molecule has 0 radical (unpaired) electrons. The van der Waals surface area contributed by atoms with E-state index in [0.717, 1.165) is 45.7 Å². The van der Waals surface area contributed by atoms with Gasteiger partial charge in [-0.3, -0.25) is 10.9 Å². The molecule has 0 amide bonds. The van der Waals surface area contributed by atoms with E-state index in [9.17, 15) is 0 Å². The van der Waals surface area contributed by atoms with Crippen LogP contribution in [0.3, 0.4) is 0 Å². The Balaban J connectivity index is 1.33. The SMILES string of the molecule is C(CNNCCC1NCCN1)CC1NCCN1. The summed E-state index contributed by atoms with van der Waals surface area (Å²) in [4.78, 5) is 0. The van der Waals surface area contributed by atoms with Gasteiger partial charge in [0.25, 0.3) is 0 Å². The smallest absolute Gasteiger partial charge is 0.0585 e. The van der Waals surface area contributed by atoms with Crippen molar-refractivity contribution in [1.29, 1.82) is 0 Å². The molecule has 2 aliphatic heterocycles. The van der Waals surface area contributed by atoms with Crippen molar-refractivity contribution in [2.45, 2.75) is 31.6 Å². The Morgan fingerprint density at radius 1 is 0.706 bits per heavy atom. The minimum absolute atomic E-state index is 0.496. The molecule has 0 spiro atoms. The molecular weight excluding hydrogens is 216 g/mol. The third-order valence-corrected chi connectivity index (χ3v) is 3.29. The summed E-state index contributed by atoms with van der Waals surface area (Å²) in [7, 11) is 0. The molecule has 2 fully saturated rings. The molecule has 6 nitrogen and oxygen atoms in total. The van der Waals surface area contributed by atoms with Gasteiger partial charge in [-0.05, 0) is 19.3 Å². The lowest BCUT2D eigenvalue weighted by atomic mass is 10.2. The van der Waals surface area contributed by atoms with Crippen LogP contribution in [0.4, 0.5) is 0 Å². The lowest BCUT2D eigenvalue weighted by Crippen LogP contribution is -2.39. The third kappa shape index (κ3) is 5.29. The predicted octanol–water partition coefficient (Wildman–Crippen LogP) is -1.71. The molecule has 0 saturated carbocycles. The van der Waals surface area contributed by atoms with Crippen LogP contribution in [0.5, 0.6) is 0 Å². The van der Waals surface area contributed by atoms with Crippen molar-refractivity contribution >= 4 is 0 Å². The maximum absolute atomic E-state index is 3.42. The lowest BCUT2D eigenvalue weighted by Gasteiger charge is -2.13. The molecular formula is C11H26N6. The van der Waals surface area contributed by atoms with Gasteiger partial charge in [-0.1, -0.05) is 0 Å². The summed E-state index contributed by atoms with van der Waals surface area (Å²) >= 11 is 0. The lowest BCUT2D eigenvalue weighted by molar-refractivity contribution is 0.430. The first-order valence-corrected chi connectivity index (χ1v) is 6.84. The first-order valence-electron chi connectivity index (χ1n) is 6.84. The predicted molar refractivity (Wildman–Crippen MR) is 69.4 cm³/mol. The van der Waals surface area contributed by atoms with E-state index in [1.165, 1.54) is 12.8 Å². The quantitative estimate of drug-likeness (QED) is 0.225. The Labute approximate surface area is 104 Å². The molecule has 0 aromatic rings. The molecule has 0 aromatic carbocycles. The zero-order valence-electron chi connectivity index (χ0n) is 10.5. The van der Waals surface area contributed by atoms with Crippen molar-refractivity contribution < 1.29 is 0 Å². The van der Waals surface area contributed by atoms with E-state index in [0.29, 0.717) is 12.3 Å². The van der Waals surface area contributed by atoms with Crippen LogP contribution < -0.4 is 32.1 Å². The van der Waals surface area contributed by atoms with Crippen molar-refractivity contribution in [1.82, 2.24) is 32.1 Å². The van der Waals surface area contributed by atoms with E-state index in [2.05, 4.69) is 32.1 Å². The highest BCUT2D eigenvalue weighted by Crippen LogP contribution is 1.95. The van der Waals surface area contributed by atoms with Gasteiger partial charge in [0.1, 0.15) is 0 Å². The van der Waals surface area contributed by atoms with Gasteiger partial charge in [0.2, 0.25) is 0 Å². The normalized spacial score (nSPS) is 22.6. The second kappa shape index (κ2) is 7.97. The van der Waals surface area contributed by atoms with Gasteiger partial charge in [0.15, 0.2) is 0 Å². The van der Waals surface area contributed by atoms with Crippen molar-refractivity contribution in [3.05, 3.63) is 0 Å². The minimum Gasteiger partial charge on any atom is -0.301 e. The number of hydrazine groups is 1. The Bertz CT molecular complexity index is 168. The maximum Gasteiger partial charge on any atom is 0.0585 e. The zero-order chi connectivity index (χ0) is 11.8. The Kier molecular flexibility index (Phi) is 6.18. The van der Waals surface area contributed by atoms with E-state index in [-0.39, 0.29) is 0 Å². The van der Waals surface area contributed by atoms with Crippen molar-refractivity contribution in [3.8, 4) is 0 Å². The number of rotatable bonds is 8. The summed E-state index contributed by atoms with van der Waals surface area (Å²) in [6.45, 7) is 6.45. The Morgan fingerprint density at radius 2 is 1.24 bits per heavy atom. The summed E-state index contributed by atoms with van der Waals surface area (Å²) in [6, 6.07) is 0. The van der Waals surface area contributed by atoms with Gasteiger partial charge >= 0.3 is 0 Å². The first-order chi connectivity index (χ1) is 8.45. The van der Waals surface area contributed by atoms with E-state index in [4.69, 9.17) is 0 Å². The zero-order valence-corrected chi connectivity index (χ0v) is 10.5. The Morgan fingerprint density at radius 3 is 1.88 bits per heavy atom. The van der Waals surface area contributed by atoms with Gasteiger partial charge in [0, 0.05) is 39.3 Å². The molecule has 0 unspecified atom stereocenters. The minimum atomic E-state index is 0.496. The largest absolute Gasteiger partial charge is 0.301 e. The fraction of sp³-hybridized carbons (Fsp3) is 1.00. The molecule has 0 atom stereocenters. The highest BCUT2D eigenvalue weighted by Gasteiger charge is 2.12. The van der Waals surface area contributed by atoms with Crippen LogP contribution in [-0.2, 0) is 0 Å². The highest BCUT2D eigenvalue weighted by molar-refractivity contribution is 4.73. The van der Waals surface area contributed by atoms with Crippen molar-refractivity contribution in [3.63, 3.8) is 0 Å². The summed E-state index contributed by atoms with van der Waals surface area (Å²) in [5, 5.41) is 13.6. The average Bonchev–Trinajstić information content (AvgIpc) is 3.00. The molecule has 0 aliphatic carbocycles. The van der Waals surface area contributed by atoms with Crippen LogP contribution in [0.1, 0.15) is 19.3 Å². The summed E-state index contributed by atoms with van der Waals surface area (Å²) < 4.78 is 0. The van der Waals surface area contributed by atoms with Crippen molar-refractivity contribution in [2.75, 3.05) is 39.3 Å². The molecule has 2 heterocycles. The van der Waals surface area contributed by atoms with Crippen LogP contribution in [0.15, 0.2) is 0 Å². The molecule has 17 heavy (non-hydrogen) atoms. The second-order valence-corrected chi connectivity index (χ2v) is 4.71. The van der Waals surface area contributed by atoms with Gasteiger partial charge in [-0.15, -0.1) is 0 Å². The van der Waals surface area contributed by atoms with E-state index >= 15 is 0 Å². The number of hydrogen-bond donors (Lipinski definition) is 6. The van der Waals surface area contributed by atoms with Crippen LogP contribution in [0.25, 0.3) is 0 Å². The average molecular weight is 242 g/mol. The summed E-state index contributed by atoms with van der Waals surface area (Å²) in [5.41, 5.74) is 6.54. The summed E-state index contributed by atoms with van der Waals surface area (Å²) in [6.07, 6.45) is 4.54. The van der Waals surface area contributed by atoms with E-state index < -0.39 is 0 Å². The van der Waals surface area contributed by atoms with Crippen LogP contribution in [0.2, 0.25) is 0 Å². The van der Waals surface area contributed by atoms with Crippen molar-refractivity contribution in [2.24, 2.45) is 0 Å². The van der Waals surface area contributed by atoms with E-state index in [1.54, 1.807) is 0 Å². The molecule has 0 bridgehead atoms. The molecule has 6 heteroatoms. The molecule has 2 saturated heterocycles. The molecule has 6 N–H and O–H groups in total. The van der Waals surface area contributed by atoms with Gasteiger partial charge < -0.3 is 21.3 Å². The fourth-order valence-electron chi connectivity index (χ4n) is 2.33. The fourth-order valence-corrected chi connectivity index (χ4v) is 2.33. The van der Waals surface area contributed by atoms with Crippen LogP contribution in [0, 0.1) is 0 Å². The third-order valence-electron chi connectivity index (χ3n) is 3.29. The highest BCUT2D eigenvalue weighted by atomic mass is 15.3. The number of nitrogens with one attached hydrogen (secondary N) is 6. The van der Waals surface area contributed by atoms with Crippen LogP contribution >= 0.6 is 0 Å². The maximum atomic E-state index is 3.42. The second-order valence-electron chi connectivity index (χ2n) is 4.71. The number of hydrogen-bond acceptors (Lipinski definition) is 6. The van der Waals surface area contributed by atoms with Crippen LogP contribution in [-0.4, -0.2) is 51.6 Å². The van der Waals surface area contributed by atoms with Gasteiger partial charge in [-0.25, -0.2) is 0 Å². The van der Waals surface area contributed by atoms with E-state index in [1.807, 2.05) is 0 Å².